The number of methoxy groups -OCH3 is 1. The van der Waals surface area contributed by atoms with E-state index in [0.717, 1.165) is 60.9 Å². The van der Waals surface area contributed by atoms with Crippen molar-refractivity contribution in [3.63, 3.8) is 0 Å². The molecule has 11 rings (SSSR count). The first-order chi connectivity index (χ1) is 39.1. The predicted octanol–water partition coefficient (Wildman–Crippen LogP) is 7.21. The standard InChI is InChI=1S/C60H66F2N12O7/c1-31(2)55(59(78)73-26-41(76)20-50(73)58(77)67-49(28-75)37-14-16-38(17-15-37)53-45(61)7-6-18-65-53)74-27-48(70-71-74)36-10-8-34(9-11-36)30-80-56-52(51-33(4)46(62)22-47(64)44(51)23-63)42(35-12-13-35)21-43-54(56)68-60(81-29-32(3)79-5)69-57(43)72-25-39-19-40(72)24-66-39/h6-11,14-18,21-23,27,31-32,35,39-41,49-50,55,63,66,75-76H,12-13,19-20,24-26,28-30,64H2,1-5H3,(H,67,77)/t32-,39-,40-,41+,49-,50-,55-/m0/s1. The molecule has 1 saturated carbocycles. The van der Waals surface area contributed by atoms with Crippen molar-refractivity contribution < 1.29 is 42.8 Å². The van der Waals surface area contributed by atoms with Gasteiger partial charge in [0.25, 0.3) is 0 Å². The Labute approximate surface area is 467 Å². The second kappa shape index (κ2) is 22.9. The van der Waals surface area contributed by atoms with Crippen LogP contribution in [0.5, 0.6) is 11.8 Å². The summed E-state index contributed by atoms with van der Waals surface area (Å²) in [5.41, 5.74) is 13.0. The highest BCUT2D eigenvalue weighted by atomic mass is 19.1. The Bertz CT molecular complexity index is 3510. The molecule has 7 N–H and O–H groups in total. The van der Waals surface area contributed by atoms with Crippen molar-refractivity contribution in [3.05, 3.63) is 125 Å². The van der Waals surface area contributed by atoms with Gasteiger partial charge in [0.05, 0.1) is 31.1 Å². The molecule has 7 aromatic rings. The molecule has 4 aliphatic rings. The SMILES string of the molecule is CO[C@@H](C)COc1nc(N2C[C@@H]3C[C@H]2CN3)c2cc(C3CC3)c(-c3c(C)c(F)cc(N)c3C=N)c(OCc3ccc(-c4cn([C@H](C(=O)N5C[C@H](O)C[C@H]5C(=O)N[C@@H](CO)c5ccc(-c6ncccc6F)cc5)C(C)C)nn4)cc3)c2n1. The number of nitrogen functional groups attached to an aromatic ring is 1. The molecular weight excluding hydrogens is 1040 g/mol. The summed E-state index contributed by atoms with van der Waals surface area (Å²) in [7, 11) is 1.61. The molecule has 3 aromatic heterocycles. The summed E-state index contributed by atoms with van der Waals surface area (Å²) in [6, 6.07) is 18.3. The Kier molecular flexibility index (Phi) is 15.5. The predicted molar refractivity (Wildman–Crippen MR) is 301 cm³/mol. The highest BCUT2D eigenvalue weighted by Crippen LogP contribution is 2.53. The number of hydrogen-bond acceptors (Lipinski definition) is 16. The number of ether oxygens (including phenoxy) is 3. The van der Waals surface area contributed by atoms with Crippen molar-refractivity contribution in [2.24, 2.45) is 5.92 Å². The third-order valence-corrected chi connectivity index (χ3v) is 16.1. The van der Waals surface area contributed by atoms with Crippen LogP contribution in [0.4, 0.5) is 20.3 Å². The van der Waals surface area contributed by atoms with Gasteiger partial charge in [-0.15, -0.1) is 5.10 Å². The molecule has 81 heavy (non-hydrogen) atoms. The van der Waals surface area contributed by atoms with Gasteiger partial charge >= 0.3 is 6.01 Å². The minimum Gasteiger partial charge on any atom is -0.486 e. The van der Waals surface area contributed by atoms with E-state index in [1.807, 2.05) is 45.0 Å². The van der Waals surface area contributed by atoms with Crippen LogP contribution in [0.15, 0.2) is 85.2 Å². The number of carbonyl (C=O) groups excluding carboxylic acids is 2. The third-order valence-electron chi connectivity index (χ3n) is 16.1. The van der Waals surface area contributed by atoms with Crippen LogP contribution in [0.3, 0.4) is 0 Å². The van der Waals surface area contributed by atoms with Gasteiger partial charge in [0.2, 0.25) is 11.8 Å². The second-order valence-electron chi connectivity index (χ2n) is 22.0. The average Bonchev–Trinajstić information content (AvgIpc) is 3.76. The molecule has 6 heterocycles. The number of aliphatic hydroxyl groups excluding tert-OH is 2. The van der Waals surface area contributed by atoms with Crippen molar-refractivity contribution in [3.8, 4) is 45.4 Å². The summed E-state index contributed by atoms with van der Waals surface area (Å²) < 4.78 is 50.7. The molecule has 1 aliphatic carbocycles. The van der Waals surface area contributed by atoms with Crippen LogP contribution in [-0.2, 0) is 20.9 Å². The molecule has 422 valence electrons. The molecule has 0 radical (unpaired) electrons. The first kappa shape index (κ1) is 55.0. The molecule has 2 amide bonds. The van der Waals surface area contributed by atoms with E-state index in [2.05, 4.69) is 36.9 Å². The van der Waals surface area contributed by atoms with Crippen molar-refractivity contribution >= 4 is 40.4 Å². The minimum atomic E-state index is -1.05. The monoisotopic (exact) mass is 1100 g/mol. The molecule has 2 bridgehead atoms. The van der Waals surface area contributed by atoms with Gasteiger partial charge in [-0.3, -0.25) is 14.6 Å². The van der Waals surface area contributed by atoms with Gasteiger partial charge in [-0.1, -0.05) is 67.6 Å². The fourth-order valence-electron chi connectivity index (χ4n) is 11.6. The number of β-amino-alcohol motifs (C(OH)–C–C–N with tert-alkyl or cyclic N) is 1. The Morgan fingerprint density at radius 1 is 0.975 bits per heavy atom. The fourth-order valence-corrected chi connectivity index (χ4v) is 11.6. The number of benzene rings is 4. The molecule has 21 heteroatoms. The van der Waals surface area contributed by atoms with Crippen LogP contribution in [0.25, 0.3) is 44.5 Å². The number of nitrogens with two attached hydrogens (primary N) is 1. The summed E-state index contributed by atoms with van der Waals surface area (Å²) in [5.74, 6) is -1.04. The number of amides is 2. The average molecular weight is 1110 g/mol. The number of halogens is 2. The molecule has 3 aliphatic heterocycles. The molecule has 7 atom stereocenters. The van der Waals surface area contributed by atoms with Crippen molar-refractivity contribution in [2.45, 2.75) is 108 Å². The topological polar surface area (TPSA) is 252 Å². The van der Waals surface area contributed by atoms with Crippen LogP contribution >= 0.6 is 0 Å². The lowest BCUT2D eigenvalue weighted by molar-refractivity contribution is -0.142. The lowest BCUT2D eigenvalue weighted by Gasteiger charge is -2.30. The van der Waals surface area contributed by atoms with Crippen LogP contribution in [0.2, 0.25) is 0 Å². The Morgan fingerprint density at radius 2 is 1.74 bits per heavy atom. The molecule has 4 aromatic carbocycles. The maximum Gasteiger partial charge on any atom is 0.319 e. The highest BCUT2D eigenvalue weighted by Gasteiger charge is 2.44. The largest absolute Gasteiger partial charge is 0.486 e. The number of nitrogens with one attached hydrogen (secondary N) is 3. The quantitative estimate of drug-likeness (QED) is 0.0326. The number of rotatable bonds is 20. The zero-order chi connectivity index (χ0) is 56.8. The summed E-state index contributed by atoms with van der Waals surface area (Å²) in [6.07, 6.45) is 5.89. The van der Waals surface area contributed by atoms with E-state index in [-0.39, 0.29) is 67.6 Å². The number of aliphatic hydroxyl groups is 2. The number of anilines is 2. The fraction of sp³-hybridized carbons (Fsp3) is 0.400. The summed E-state index contributed by atoms with van der Waals surface area (Å²) >= 11 is 0. The van der Waals surface area contributed by atoms with Crippen LogP contribution < -0.4 is 30.7 Å². The molecule has 3 saturated heterocycles. The number of aromatic nitrogens is 6. The lowest BCUT2D eigenvalue weighted by atomic mass is 9.87. The van der Waals surface area contributed by atoms with E-state index < -0.39 is 54.3 Å². The molecular formula is C60H66F2N12O7. The summed E-state index contributed by atoms with van der Waals surface area (Å²) in [5, 5.41) is 46.0. The summed E-state index contributed by atoms with van der Waals surface area (Å²) in [6.45, 7) is 8.58. The van der Waals surface area contributed by atoms with Gasteiger partial charge < -0.3 is 56.0 Å². The van der Waals surface area contributed by atoms with Crippen LogP contribution in [0, 0.1) is 29.9 Å². The van der Waals surface area contributed by atoms with Crippen molar-refractivity contribution in [1.29, 1.82) is 5.41 Å². The number of pyridine rings is 1. The van der Waals surface area contributed by atoms with Crippen LogP contribution in [0.1, 0.15) is 92.3 Å². The van der Waals surface area contributed by atoms with E-state index in [4.69, 9.17) is 35.3 Å². The van der Waals surface area contributed by atoms with Gasteiger partial charge in [0.15, 0.2) is 5.75 Å². The number of fused-ring (bicyclic) bond motifs is 3. The summed E-state index contributed by atoms with van der Waals surface area (Å²) in [4.78, 5) is 46.5. The van der Waals surface area contributed by atoms with Crippen LogP contribution in [-0.4, -0.2) is 133 Å². The Morgan fingerprint density at radius 3 is 2.41 bits per heavy atom. The zero-order valence-electron chi connectivity index (χ0n) is 45.8. The van der Waals surface area contributed by atoms with Gasteiger partial charge in [-0.05, 0) is 91.5 Å². The van der Waals surface area contributed by atoms with E-state index >= 15 is 4.39 Å². The smallest absolute Gasteiger partial charge is 0.319 e. The highest BCUT2D eigenvalue weighted by molar-refractivity contribution is 6.05. The maximum atomic E-state index is 16.0. The van der Waals surface area contributed by atoms with E-state index in [1.165, 1.54) is 34.0 Å². The number of nitrogens with zero attached hydrogens (tertiary/aromatic N) is 8. The van der Waals surface area contributed by atoms with E-state index in [1.54, 1.807) is 44.5 Å². The van der Waals surface area contributed by atoms with Gasteiger partial charge in [0, 0.05) is 96.6 Å². The minimum absolute atomic E-state index is 0.0137. The molecule has 19 nitrogen and oxygen atoms in total. The normalized spacial score (nSPS) is 19.8. The van der Waals surface area contributed by atoms with E-state index in [0.29, 0.717) is 61.9 Å². The first-order valence-electron chi connectivity index (χ1n) is 27.5. The zero-order valence-corrected chi connectivity index (χ0v) is 45.8. The number of carbonyl (C=O) groups is 2. The Hall–Kier alpha value is -7.98. The number of likely N-dealkylation sites (tertiary alicyclic amines) is 1. The number of hydrogen-bond donors (Lipinski definition) is 6. The third kappa shape index (κ3) is 10.9. The van der Waals surface area contributed by atoms with Crippen molar-refractivity contribution in [2.75, 3.05) is 50.6 Å². The molecule has 4 fully saturated rings. The van der Waals surface area contributed by atoms with Gasteiger partial charge in [0.1, 0.15) is 59.7 Å². The number of piperazine rings is 1. The molecule has 0 spiro atoms. The second-order valence-corrected chi connectivity index (χ2v) is 22.0. The Balaban J connectivity index is 0.868. The lowest BCUT2D eigenvalue weighted by Crippen LogP contribution is -2.50. The maximum absolute atomic E-state index is 16.0. The molecule has 0 unspecified atom stereocenters. The van der Waals surface area contributed by atoms with Crippen molar-refractivity contribution in [1.82, 2.24) is 45.5 Å². The van der Waals surface area contributed by atoms with Gasteiger partial charge in [-0.25, -0.2) is 13.5 Å². The van der Waals surface area contributed by atoms with E-state index in [9.17, 15) is 24.2 Å². The van der Waals surface area contributed by atoms with Gasteiger partial charge in [-0.2, -0.15) is 9.97 Å². The first-order valence-corrected chi connectivity index (χ1v) is 27.5.